The van der Waals surface area contributed by atoms with Crippen LogP contribution < -0.4 is 4.90 Å². The Kier molecular flexibility index (Phi) is 4.94. The molecule has 11 heteroatoms. The number of hydrogen-bond acceptors (Lipinski definition) is 7. The lowest BCUT2D eigenvalue weighted by atomic mass is 10.1. The number of benzene rings is 1. The molecule has 0 radical (unpaired) electrons. The van der Waals surface area contributed by atoms with Gasteiger partial charge in [-0.05, 0) is 43.3 Å². The first-order chi connectivity index (χ1) is 14.2. The van der Waals surface area contributed by atoms with Crippen molar-refractivity contribution >= 4 is 27.4 Å². The zero-order chi connectivity index (χ0) is 21.6. The third kappa shape index (κ3) is 3.39. The Labute approximate surface area is 174 Å². The number of carbonyl (C=O) groups excluding carboxylic acids is 1. The van der Waals surface area contributed by atoms with E-state index >= 15 is 0 Å². The van der Waals surface area contributed by atoms with E-state index in [1.807, 2.05) is 19.1 Å². The Balaban J connectivity index is 1.42. The molecular weight excluding hydrogens is 406 g/mol. The first-order valence-corrected chi connectivity index (χ1v) is 10.9. The van der Waals surface area contributed by atoms with E-state index < -0.39 is 10.0 Å². The van der Waals surface area contributed by atoms with Crippen LogP contribution in [0.4, 0.5) is 5.82 Å². The van der Waals surface area contributed by atoms with Crippen LogP contribution in [0.3, 0.4) is 0 Å². The number of nitrogens with zero attached hydrogens (tertiary/aromatic N) is 7. The van der Waals surface area contributed by atoms with Crippen molar-refractivity contribution in [2.45, 2.75) is 17.9 Å². The largest absolute Gasteiger partial charge is 0.351 e. The molecule has 0 spiro atoms. The van der Waals surface area contributed by atoms with Crippen LogP contribution in [-0.4, -0.2) is 83.6 Å². The fourth-order valence-electron chi connectivity index (χ4n) is 3.29. The highest BCUT2D eigenvalue weighted by molar-refractivity contribution is 7.89. The monoisotopic (exact) mass is 429 g/mol. The van der Waals surface area contributed by atoms with Crippen LogP contribution >= 0.6 is 0 Å². The van der Waals surface area contributed by atoms with E-state index in [0.29, 0.717) is 24.3 Å². The van der Waals surface area contributed by atoms with Gasteiger partial charge in [0.25, 0.3) is 5.91 Å². The molecule has 0 unspecified atom stereocenters. The van der Waals surface area contributed by atoms with Crippen molar-refractivity contribution in [1.29, 1.82) is 0 Å². The average Bonchev–Trinajstić information content (AvgIpc) is 3.06. The minimum atomic E-state index is -3.52. The van der Waals surface area contributed by atoms with Crippen LogP contribution in [0.1, 0.15) is 16.2 Å². The first kappa shape index (κ1) is 20.2. The molecule has 1 aromatic carbocycles. The van der Waals surface area contributed by atoms with Crippen LogP contribution in [0.2, 0.25) is 0 Å². The maximum atomic E-state index is 12.8. The van der Waals surface area contributed by atoms with Gasteiger partial charge >= 0.3 is 0 Å². The maximum Gasteiger partial charge on any atom is 0.253 e. The minimum absolute atomic E-state index is 0.0437. The summed E-state index contributed by atoms with van der Waals surface area (Å²) in [6, 6.07) is 9.83. The second-order valence-electron chi connectivity index (χ2n) is 7.50. The molecule has 1 saturated heterocycles. The molecule has 0 atom stereocenters. The van der Waals surface area contributed by atoms with E-state index in [1.165, 1.54) is 26.2 Å². The zero-order valence-electron chi connectivity index (χ0n) is 17.2. The summed E-state index contributed by atoms with van der Waals surface area (Å²) in [5.74, 6) is 1.38. The predicted octanol–water partition coefficient (Wildman–Crippen LogP) is 0.644. The standard InChI is InChI=1S/C19H23N7O3S/c1-13-20-21-17-9-10-18(22-26(13)17)25-11-15(12-25)24(4)19(27)14-5-7-16(8-6-14)30(28,29)23(2)3/h5-10,15H,11-12H2,1-4H3. The molecule has 3 aromatic rings. The van der Waals surface area contributed by atoms with Crippen molar-refractivity contribution in [3.63, 3.8) is 0 Å². The van der Waals surface area contributed by atoms with E-state index in [0.717, 1.165) is 15.9 Å². The van der Waals surface area contributed by atoms with Crippen LogP contribution in [0.5, 0.6) is 0 Å². The van der Waals surface area contributed by atoms with Gasteiger partial charge in [0, 0.05) is 39.8 Å². The minimum Gasteiger partial charge on any atom is -0.351 e. The zero-order valence-corrected chi connectivity index (χ0v) is 18.0. The summed E-state index contributed by atoms with van der Waals surface area (Å²) in [5, 5.41) is 12.6. The lowest BCUT2D eigenvalue weighted by Gasteiger charge is -2.44. The molecule has 30 heavy (non-hydrogen) atoms. The van der Waals surface area contributed by atoms with E-state index in [1.54, 1.807) is 28.6 Å². The summed E-state index contributed by atoms with van der Waals surface area (Å²) in [6.07, 6.45) is 0. The molecule has 1 aliphatic heterocycles. The van der Waals surface area contributed by atoms with E-state index in [-0.39, 0.29) is 16.8 Å². The number of aryl methyl sites for hydroxylation is 1. The Morgan fingerprint density at radius 3 is 2.33 bits per heavy atom. The Morgan fingerprint density at radius 1 is 1.03 bits per heavy atom. The lowest BCUT2D eigenvalue weighted by molar-refractivity contribution is 0.0705. The molecule has 3 heterocycles. The van der Waals surface area contributed by atoms with Gasteiger partial charge in [0.15, 0.2) is 11.5 Å². The number of anilines is 1. The summed E-state index contributed by atoms with van der Waals surface area (Å²) in [4.78, 5) is 16.7. The molecule has 0 saturated carbocycles. The van der Waals surface area contributed by atoms with E-state index in [9.17, 15) is 13.2 Å². The number of hydrogen-bond donors (Lipinski definition) is 0. The summed E-state index contributed by atoms with van der Waals surface area (Å²) in [7, 11) is 1.19. The first-order valence-electron chi connectivity index (χ1n) is 9.42. The molecule has 158 valence electrons. The van der Waals surface area contributed by atoms with Crippen molar-refractivity contribution in [3.05, 3.63) is 47.8 Å². The molecule has 4 rings (SSSR count). The third-order valence-corrected chi connectivity index (χ3v) is 7.17. The molecule has 0 aliphatic carbocycles. The highest BCUT2D eigenvalue weighted by atomic mass is 32.2. The van der Waals surface area contributed by atoms with E-state index in [4.69, 9.17) is 0 Å². The van der Waals surface area contributed by atoms with Crippen molar-refractivity contribution in [2.24, 2.45) is 0 Å². The second kappa shape index (κ2) is 7.33. The van der Waals surface area contributed by atoms with Crippen molar-refractivity contribution in [3.8, 4) is 0 Å². The fourth-order valence-corrected chi connectivity index (χ4v) is 4.19. The van der Waals surface area contributed by atoms with Crippen LogP contribution in [0, 0.1) is 6.92 Å². The summed E-state index contributed by atoms with van der Waals surface area (Å²) >= 11 is 0. The lowest BCUT2D eigenvalue weighted by Crippen LogP contribution is -2.60. The number of amides is 1. The van der Waals surface area contributed by atoms with Gasteiger partial charge in [0.2, 0.25) is 10.0 Å². The predicted molar refractivity (Wildman–Crippen MR) is 111 cm³/mol. The van der Waals surface area contributed by atoms with Gasteiger partial charge in [0.1, 0.15) is 5.82 Å². The molecule has 0 N–H and O–H groups in total. The van der Waals surface area contributed by atoms with Gasteiger partial charge in [-0.2, -0.15) is 4.52 Å². The van der Waals surface area contributed by atoms with Gasteiger partial charge in [-0.1, -0.05) is 0 Å². The van der Waals surface area contributed by atoms with Crippen LogP contribution in [-0.2, 0) is 10.0 Å². The number of sulfonamides is 1. The van der Waals surface area contributed by atoms with Gasteiger partial charge in [0.05, 0.1) is 10.9 Å². The fraction of sp³-hybridized carbons (Fsp3) is 0.368. The van der Waals surface area contributed by atoms with Gasteiger partial charge < -0.3 is 9.80 Å². The summed E-state index contributed by atoms with van der Waals surface area (Å²) in [6.45, 7) is 3.17. The van der Waals surface area contributed by atoms with Crippen LogP contribution in [0.15, 0.2) is 41.3 Å². The number of rotatable bonds is 5. The highest BCUT2D eigenvalue weighted by Crippen LogP contribution is 2.23. The molecule has 1 aliphatic rings. The third-order valence-electron chi connectivity index (χ3n) is 5.34. The molecule has 1 fully saturated rings. The molecule has 0 bridgehead atoms. The Hall–Kier alpha value is -3.05. The van der Waals surface area contributed by atoms with E-state index in [2.05, 4.69) is 20.2 Å². The van der Waals surface area contributed by atoms with Crippen molar-refractivity contribution < 1.29 is 13.2 Å². The normalized spacial score (nSPS) is 14.9. The summed E-state index contributed by atoms with van der Waals surface area (Å²) < 4.78 is 27.2. The number of fused-ring (bicyclic) bond motifs is 1. The number of likely N-dealkylation sites (N-methyl/N-ethyl adjacent to an activating group) is 1. The maximum absolute atomic E-state index is 12.8. The van der Waals surface area contributed by atoms with Crippen LogP contribution in [0.25, 0.3) is 5.65 Å². The Bertz CT molecular complexity index is 1200. The quantitative estimate of drug-likeness (QED) is 0.586. The molecule has 2 aromatic heterocycles. The van der Waals surface area contributed by atoms with Crippen molar-refractivity contribution in [2.75, 3.05) is 39.1 Å². The SMILES string of the molecule is Cc1nnc2ccc(N3CC(N(C)C(=O)c4ccc(S(=O)(=O)N(C)C)cc4)C3)nn12. The van der Waals surface area contributed by atoms with Gasteiger partial charge in [-0.25, -0.2) is 12.7 Å². The van der Waals surface area contributed by atoms with Gasteiger partial charge in [-0.15, -0.1) is 15.3 Å². The number of aromatic nitrogens is 4. The topological polar surface area (TPSA) is 104 Å². The smallest absolute Gasteiger partial charge is 0.253 e. The Morgan fingerprint density at radius 2 is 1.70 bits per heavy atom. The molecule has 10 nitrogen and oxygen atoms in total. The highest BCUT2D eigenvalue weighted by Gasteiger charge is 2.34. The number of carbonyl (C=O) groups is 1. The summed E-state index contributed by atoms with van der Waals surface area (Å²) in [5.41, 5.74) is 1.15. The van der Waals surface area contributed by atoms with Gasteiger partial charge in [-0.3, -0.25) is 4.79 Å². The molecule has 1 amide bonds. The van der Waals surface area contributed by atoms with Crippen molar-refractivity contribution in [1.82, 2.24) is 29.0 Å². The second-order valence-corrected chi connectivity index (χ2v) is 9.65. The molecular formula is C19H23N7O3S. The average molecular weight is 430 g/mol.